The molecule has 0 radical (unpaired) electrons. The van der Waals surface area contributed by atoms with E-state index >= 15 is 0 Å². The highest BCUT2D eigenvalue weighted by molar-refractivity contribution is 5.93. The number of nitrogens with zero attached hydrogens (tertiary/aromatic N) is 4. The minimum atomic E-state index is -0.919. The zero-order valence-corrected chi connectivity index (χ0v) is 19.1. The molecule has 5 N–H and O–H groups in total. The van der Waals surface area contributed by atoms with Crippen molar-refractivity contribution in [1.29, 1.82) is 0 Å². The first kappa shape index (κ1) is 28.8. The number of esters is 1. The van der Waals surface area contributed by atoms with Crippen molar-refractivity contribution < 1.29 is 29.4 Å². The number of hydroxylamine groups is 1. The Bertz CT molecular complexity index is 1120. The first-order chi connectivity index (χ1) is 17.4. The van der Waals surface area contributed by atoms with Crippen LogP contribution in [0.25, 0.3) is 0 Å². The Labute approximate surface area is 206 Å². The van der Waals surface area contributed by atoms with E-state index in [1.165, 1.54) is 61.6 Å². The molecule has 4 aromatic rings. The van der Waals surface area contributed by atoms with E-state index in [0.717, 1.165) is 5.69 Å². The maximum absolute atomic E-state index is 10.8. The quantitative estimate of drug-likeness (QED) is 0.187. The van der Waals surface area contributed by atoms with Gasteiger partial charge >= 0.3 is 11.9 Å². The van der Waals surface area contributed by atoms with Gasteiger partial charge in [0.25, 0.3) is 5.91 Å². The lowest BCUT2D eigenvalue weighted by atomic mass is 10.3. The normalized spacial score (nSPS) is 8.83. The molecule has 12 heteroatoms. The third-order valence-electron chi connectivity index (χ3n) is 3.78. The predicted molar refractivity (Wildman–Crippen MR) is 129 cm³/mol. The lowest BCUT2D eigenvalue weighted by Gasteiger charge is -1.95. The molecule has 0 spiro atoms. The Morgan fingerprint density at radius 1 is 0.694 bits per heavy atom. The summed E-state index contributed by atoms with van der Waals surface area (Å²) in [6.45, 7) is 0. The van der Waals surface area contributed by atoms with Crippen molar-refractivity contribution in [2.45, 2.75) is 0 Å². The minimum Gasteiger partial charge on any atom is -0.478 e. The van der Waals surface area contributed by atoms with Crippen molar-refractivity contribution in [3.8, 4) is 0 Å². The number of carboxylic acid groups (broad SMARTS) is 1. The van der Waals surface area contributed by atoms with Crippen LogP contribution in [-0.2, 0) is 4.74 Å². The number of pyridine rings is 4. The maximum Gasteiger partial charge on any atom is 0.337 e. The fraction of sp³-hybridized carbons (Fsp3) is 0.0417. The fourth-order valence-electron chi connectivity index (χ4n) is 2.03. The summed E-state index contributed by atoms with van der Waals surface area (Å²) in [4.78, 5) is 46.4. The van der Waals surface area contributed by atoms with E-state index in [2.05, 4.69) is 24.7 Å². The van der Waals surface area contributed by atoms with E-state index in [-0.39, 0.29) is 11.5 Å². The summed E-state index contributed by atoms with van der Waals surface area (Å²) in [6, 6.07) is 12.6. The highest BCUT2D eigenvalue weighted by Gasteiger charge is 2.01. The molecule has 0 unspecified atom stereocenters. The van der Waals surface area contributed by atoms with Crippen molar-refractivity contribution in [2.75, 3.05) is 12.8 Å². The van der Waals surface area contributed by atoms with Crippen LogP contribution in [-0.4, -0.2) is 55.2 Å². The van der Waals surface area contributed by atoms with Gasteiger partial charge in [0.1, 0.15) is 0 Å². The second kappa shape index (κ2) is 17.3. The van der Waals surface area contributed by atoms with Gasteiger partial charge in [-0.25, -0.2) is 15.1 Å². The van der Waals surface area contributed by atoms with Crippen molar-refractivity contribution in [3.63, 3.8) is 0 Å². The average molecular weight is 492 g/mol. The Balaban J connectivity index is 0.000000242. The zero-order valence-electron chi connectivity index (χ0n) is 19.1. The number of nitrogen functional groups attached to an aromatic ring is 1. The number of aromatic carboxylic acids is 1. The number of nitrogens with two attached hydrogens (primary N) is 1. The van der Waals surface area contributed by atoms with Gasteiger partial charge in [-0.2, -0.15) is 0 Å². The topological polar surface area (TPSA) is 191 Å². The van der Waals surface area contributed by atoms with Crippen LogP contribution in [0.3, 0.4) is 0 Å². The van der Waals surface area contributed by atoms with E-state index in [9.17, 15) is 14.4 Å². The minimum absolute atomic E-state index is 0.269. The lowest BCUT2D eigenvalue weighted by Crippen LogP contribution is -2.18. The number of aromatic nitrogens is 4. The van der Waals surface area contributed by atoms with Crippen LogP contribution < -0.4 is 11.2 Å². The van der Waals surface area contributed by atoms with Crippen LogP contribution >= 0.6 is 0 Å². The molecular formula is C24H24N6O6. The highest BCUT2D eigenvalue weighted by atomic mass is 16.5. The van der Waals surface area contributed by atoms with E-state index in [4.69, 9.17) is 16.0 Å². The Hall–Kier alpha value is -5.23. The Kier molecular flexibility index (Phi) is 13.8. The molecule has 1 amide bonds. The summed E-state index contributed by atoms with van der Waals surface area (Å²) < 4.78 is 4.47. The Morgan fingerprint density at radius 2 is 1.06 bits per heavy atom. The number of carbonyl (C=O) groups excluding carboxylic acids is 2. The van der Waals surface area contributed by atoms with Gasteiger partial charge in [-0.3, -0.25) is 29.9 Å². The Morgan fingerprint density at radius 3 is 1.33 bits per heavy atom. The van der Waals surface area contributed by atoms with E-state index in [0.29, 0.717) is 11.1 Å². The van der Waals surface area contributed by atoms with Gasteiger partial charge in [0.05, 0.1) is 18.2 Å². The molecule has 0 saturated carbocycles. The third-order valence-corrected chi connectivity index (χ3v) is 3.78. The second-order valence-corrected chi connectivity index (χ2v) is 6.23. The van der Waals surface area contributed by atoms with Crippen LogP contribution in [0.15, 0.2) is 98.1 Å². The lowest BCUT2D eigenvalue weighted by molar-refractivity contribution is 0.0599. The fourth-order valence-corrected chi connectivity index (χ4v) is 2.03. The molecule has 186 valence electrons. The summed E-state index contributed by atoms with van der Waals surface area (Å²) in [5, 5.41) is 16.5. The number of ether oxygens (including phenoxy) is 1. The van der Waals surface area contributed by atoms with Crippen LogP contribution in [0.4, 0.5) is 5.69 Å². The molecule has 0 aromatic carbocycles. The molecule has 0 aliphatic heterocycles. The third kappa shape index (κ3) is 12.1. The monoisotopic (exact) mass is 492 g/mol. The number of rotatable bonds is 3. The van der Waals surface area contributed by atoms with Crippen LogP contribution in [0.5, 0.6) is 0 Å². The number of hydrogen-bond acceptors (Lipinski definition) is 10. The van der Waals surface area contributed by atoms with Crippen LogP contribution in [0.2, 0.25) is 0 Å². The van der Waals surface area contributed by atoms with Gasteiger partial charge in [0.15, 0.2) is 0 Å². The van der Waals surface area contributed by atoms with Crippen molar-refractivity contribution in [2.24, 2.45) is 0 Å². The maximum atomic E-state index is 10.8. The molecule has 36 heavy (non-hydrogen) atoms. The number of nitrogens with one attached hydrogen (secondary N) is 1. The highest BCUT2D eigenvalue weighted by Crippen LogP contribution is 1.97. The summed E-state index contributed by atoms with van der Waals surface area (Å²) in [5.74, 6) is -1.78. The van der Waals surface area contributed by atoms with E-state index in [1.54, 1.807) is 49.1 Å². The summed E-state index contributed by atoms with van der Waals surface area (Å²) in [5.41, 5.74) is 8.77. The van der Waals surface area contributed by atoms with Gasteiger partial charge < -0.3 is 15.6 Å². The predicted octanol–water partition coefficient (Wildman–Crippen LogP) is 2.51. The number of amides is 1. The van der Waals surface area contributed by atoms with Gasteiger partial charge in [-0.05, 0) is 48.5 Å². The first-order valence-corrected chi connectivity index (χ1v) is 10.0. The molecular weight excluding hydrogens is 468 g/mol. The molecule has 0 fully saturated rings. The standard InChI is InChI=1S/C7H7NO2.C6H6N2O2.C6H5NO2.C5H6N2/c1-10-7(9)6-2-4-8-5-3-6;9-6(8-10)5-1-3-7-4-2-5;8-6(9)5-1-3-7-4-2-5;6-5-1-3-7-4-2-5/h2-5H,1H3;1-4,10H,(H,8,9);1-4H,(H,8,9);1-4H,(H2,6,7). The molecule has 4 rings (SSSR count). The number of hydrogen-bond donors (Lipinski definition) is 4. The van der Waals surface area contributed by atoms with Gasteiger partial charge in [-0.1, -0.05) is 0 Å². The number of methoxy groups -OCH3 is 1. The smallest absolute Gasteiger partial charge is 0.337 e. The average Bonchev–Trinajstić information content (AvgIpc) is 2.95. The van der Waals surface area contributed by atoms with E-state index < -0.39 is 11.9 Å². The second-order valence-electron chi connectivity index (χ2n) is 6.23. The summed E-state index contributed by atoms with van der Waals surface area (Å²) in [7, 11) is 1.35. The van der Waals surface area contributed by atoms with Crippen molar-refractivity contribution >= 4 is 23.5 Å². The molecule has 4 aromatic heterocycles. The number of carbonyl (C=O) groups is 3. The first-order valence-electron chi connectivity index (χ1n) is 10.0. The molecule has 0 atom stereocenters. The number of carboxylic acids is 1. The van der Waals surface area contributed by atoms with Crippen LogP contribution in [0, 0.1) is 0 Å². The molecule has 0 saturated heterocycles. The molecule has 0 aliphatic rings. The summed E-state index contributed by atoms with van der Waals surface area (Å²) >= 11 is 0. The van der Waals surface area contributed by atoms with Gasteiger partial charge in [0, 0.05) is 60.8 Å². The van der Waals surface area contributed by atoms with Gasteiger partial charge in [0.2, 0.25) is 0 Å². The largest absolute Gasteiger partial charge is 0.478 e. The molecule has 0 bridgehead atoms. The van der Waals surface area contributed by atoms with Crippen molar-refractivity contribution in [1.82, 2.24) is 25.4 Å². The van der Waals surface area contributed by atoms with Crippen molar-refractivity contribution in [3.05, 3.63) is 115 Å². The summed E-state index contributed by atoms with van der Waals surface area (Å²) in [6.07, 6.45) is 12.3. The van der Waals surface area contributed by atoms with E-state index in [1.807, 2.05) is 0 Å². The number of anilines is 1. The zero-order chi connectivity index (χ0) is 26.6. The SMILES string of the molecule is COC(=O)c1ccncc1.Nc1ccncc1.O=C(NO)c1ccncc1.O=C(O)c1ccncc1. The molecule has 0 aliphatic carbocycles. The van der Waals surface area contributed by atoms with Crippen LogP contribution in [0.1, 0.15) is 31.1 Å². The molecule has 12 nitrogen and oxygen atoms in total. The van der Waals surface area contributed by atoms with Gasteiger partial charge in [-0.15, -0.1) is 0 Å². The molecule has 4 heterocycles.